The van der Waals surface area contributed by atoms with Gasteiger partial charge in [0.05, 0.1) is 38.2 Å². The van der Waals surface area contributed by atoms with Crippen LogP contribution in [0.2, 0.25) is 5.15 Å². The van der Waals surface area contributed by atoms with Gasteiger partial charge in [0, 0.05) is 17.6 Å². The number of rotatable bonds is 12. The van der Waals surface area contributed by atoms with Crippen LogP contribution in [0.4, 0.5) is 9.59 Å². The maximum Gasteiger partial charge on any atom is 0.407 e. The van der Waals surface area contributed by atoms with Crippen LogP contribution in [0.1, 0.15) is 78.5 Å². The second-order valence-corrected chi connectivity index (χ2v) is 17.4. The summed E-state index contributed by atoms with van der Waals surface area (Å²) < 4.78 is 9.58. The number of hydrogen-bond donors (Lipinski definition) is 4. The molecular weight excluding hydrogens is 784 g/mol. The zero-order valence-electron chi connectivity index (χ0n) is 35.4. The molecule has 2 aromatic carbocycles. The molecule has 8 atom stereocenters. The molecule has 4 N–H and O–H groups in total. The fourth-order valence-electron chi connectivity index (χ4n) is 8.68. The third-order valence-electron chi connectivity index (χ3n) is 12.4. The highest BCUT2D eigenvalue weighted by molar-refractivity contribution is 6.31. The fourth-order valence-corrected chi connectivity index (χ4v) is 8.93. The van der Waals surface area contributed by atoms with E-state index in [0.717, 1.165) is 40.8 Å². The van der Waals surface area contributed by atoms with Crippen molar-refractivity contribution in [2.75, 3.05) is 14.2 Å². The Labute approximate surface area is 355 Å². The van der Waals surface area contributed by atoms with Crippen molar-refractivity contribution in [1.29, 1.82) is 0 Å². The number of likely N-dealkylation sites (tertiary alicyclic amines) is 2. The number of benzene rings is 2. The molecule has 2 saturated heterocycles. The van der Waals surface area contributed by atoms with Gasteiger partial charge in [0.15, 0.2) is 0 Å². The van der Waals surface area contributed by atoms with E-state index in [0.29, 0.717) is 34.8 Å². The lowest BCUT2D eigenvalue weighted by Crippen LogP contribution is -2.53. The summed E-state index contributed by atoms with van der Waals surface area (Å²) in [6.45, 7) is 11.8. The van der Waals surface area contributed by atoms with Gasteiger partial charge in [-0.1, -0.05) is 101 Å². The second-order valence-electron chi connectivity index (χ2n) is 17.0. The highest BCUT2D eigenvalue weighted by Crippen LogP contribution is 2.49. The van der Waals surface area contributed by atoms with E-state index in [2.05, 4.69) is 44.6 Å². The van der Waals surface area contributed by atoms with E-state index >= 15 is 0 Å². The van der Waals surface area contributed by atoms with E-state index in [1.165, 1.54) is 14.2 Å². The van der Waals surface area contributed by atoms with Crippen LogP contribution in [0.25, 0.3) is 39.7 Å². The third kappa shape index (κ3) is 8.65. The molecule has 0 bridgehead atoms. The van der Waals surface area contributed by atoms with Gasteiger partial charge in [0.1, 0.15) is 34.6 Å². The number of carbonyl (C=O) groups is 4. The number of nitrogens with zero attached hydrogens (tertiary/aromatic N) is 4. The monoisotopic (exact) mass is 838 g/mol. The van der Waals surface area contributed by atoms with Crippen LogP contribution in [-0.2, 0) is 19.1 Å². The molecule has 2 aliphatic heterocycles. The maximum atomic E-state index is 13.9. The number of methoxy groups -OCH3 is 2. The van der Waals surface area contributed by atoms with Gasteiger partial charge < -0.3 is 39.9 Å². The Morgan fingerprint density at radius 1 is 0.783 bits per heavy atom. The van der Waals surface area contributed by atoms with E-state index in [-0.39, 0.29) is 53.7 Å². The molecule has 1 saturated carbocycles. The number of carbonyl (C=O) groups excluding carboxylic acids is 4. The van der Waals surface area contributed by atoms with Crippen LogP contribution in [0.15, 0.2) is 60.8 Å². The van der Waals surface area contributed by atoms with Crippen molar-refractivity contribution in [2.45, 2.75) is 97.1 Å². The van der Waals surface area contributed by atoms with Gasteiger partial charge in [-0.05, 0) is 72.6 Å². The second kappa shape index (κ2) is 17.5. The molecule has 4 aromatic rings. The Balaban J connectivity index is 1.01. The number of fused-ring (bicyclic) bond motifs is 1. The number of H-pyrrole nitrogens is 2. The molecule has 4 heterocycles. The first-order chi connectivity index (χ1) is 28.7. The first-order valence-corrected chi connectivity index (χ1v) is 21.1. The van der Waals surface area contributed by atoms with E-state index in [9.17, 15) is 19.2 Å². The van der Waals surface area contributed by atoms with Crippen LogP contribution in [0.5, 0.6) is 0 Å². The van der Waals surface area contributed by atoms with Crippen LogP contribution >= 0.6 is 11.6 Å². The standard InChI is InChI=1S/C45H55ClN8O6/c1-23(2)37(50-44(57)59-7)42(55)53-26(6)25(5)19-35(53)41-49-39(40(46)52-41)30-15-11-28(12-16-30)27-9-13-29(14-10-27)33-22-47-36(48-33)18-17-32-20-31-21-34(31)54(32)43(56)38(24(3)4)51-45(58)60-8/h9-18,22-26,31-32,34-35,37-38H,19-21H2,1-8H3,(H,47,48)(H,49,52)(H,50,57)(H,51,58)/b18-17+/t25-,26-,31+,32-,34-,35+,37+,38+/m1/s1. The summed E-state index contributed by atoms with van der Waals surface area (Å²) in [5.41, 5.74) is 5.35. The number of piperidine rings is 1. The summed E-state index contributed by atoms with van der Waals surface area (Å²) in [5.74, 6) is 1.48. The Morgan fingerprint density at radius 3 is 1.90 bits per heavy atom. The lowest BCUT2D eigenvalue weighted by molar-refractivity contribution is -0.137. The summed E-state index contributed by atoms with van der Waals surface area (Å²) in [5, 5.41) is 5.83. The Hall–Kier alpha value is -5.63. The molecule has 60 heavy (non-hydrogen) atoms. The summed E-state index contributed by atoms with van der Waals surface area (Å²) in [4.78, 5) is 71.6. The highest BCUT2D eigenvalue weighted by atomic mass is 35.5. The molecule has 3 fully saturated rings. The van der Waals surface area contributed by atoms with Crippen molar-refractivity contribution in [3.05, 3.63) is 77.6 Å². The zero-order valence-corrected chi connectivity index (χ0v) is 36.1. The number of alkyl carbamates (subject to hydrolysis) is 2. The van der Waals surface area contributed by atoms with Gasteiger partial charge in [0.2, 0.25) is 11.8 Å². The van der Waals surface area contributed by atoms with E-state index in [1.807, 2.05) is 93.0 Å². The molecular formula is C45H55ClN8O6. The molecule has 14 nitrogen and oxygen atoms in total. The van der Waals surface area contributed by atoms with E-state index < -0.39 is 24.3 Å². The minimum atomic E-state index is -0.750. The van der Waals surface area contributed by atoms with Crippen LogP contribution in [0.3, 0.4) is 0 Å². The number of imidazole rings is 2. The molecule has 318 valence electrons. The van der Waals surface area contributed by atoms with Gasteiger partial charge in [0.25, 0.3) is 0 Å². The predicted molar refractivity (Wildman–Crippen MR) is 229 cm³/mol. The highest BCUT2D eigenvalue weighted by Gasteiger charge is 2.54. The fraction of sp³-hybridized carbons (Fsp3) is 0.467. The number of hydrogen-bond acceptors (Lipinski definition) is 8. The summed E-state index contributed by atoms with van der Waals surface area (Å²) in [6, 6.07) is 14.6. The summed E-state index contributed by atoms with van der Waals surface area (Å²) >= 11 is 6.77. The quantitative estimate of drug-likeness (QED) is 0.112. The Bertz CT molecular complexity index is 2230. The molecule has 2 aromatic heterocycles. The zero-order chi connectivity index (χ0) is 43.0. The van der Waals surface area contributed by atoms with E-state index in [4.69, 9.17) is 26.1 Å². The lowest BCUT2D eigenvalue weighted by atomic mass is 10.0. The van der Waals surface area contributed by atoms with Crippen molar-refractivity contribution < 1.29 is 28.7 Å². The number of aromatic nitrogens is 4. The molecule has 7 rings (SSSR count). The normalized spacial score (nSPS) is 23.2. The third-order valence-corrected chi connectivity index (χ3v) is 12.7. The molecule has 3 aliphatic rings. The average molecular weight is 839 g/mol. The summed E-state index contributed by atoms with van der Waals surface area (Å²) in [6.07, 6.45) is 7.09. The van der Waals surface area contributed by atoms with Gasteiger partial charge in [-0.15, -0.1) is 0 Å². The first kappa shape index (κ1) is 42.5. The van der Waals surface area contributed by atoms with Crippen LogP contribution in [-0.4, -0.2) is 98.2 Å². The number of amides is 4. The first-order valence-electron chi connectivity index (χ1n) is 20.7. The van der Waals surface area contributed by atoms with Gasteiger partial charge in [-0.3, -0.25) is 9.59 Å². The van der Waals surface area contributed by atoms with Gasteiger partial charge in [-0.25, -0.2) is 19.6 Å². The smallest absolute Gasteiger partial charge is 0.407 e. The topological polar surface area (TPSA) is 175 Å². The molecule has 1 aliphatic carbocycles. The van der Waals surface area contributed by atoms with Gasteiger partial charge >= 0.3 is 12.2 Å². The number of ether oxygens (including phenoxy) is 2. The Kier molecular flexibility index (Phi) is 12.4. The van der Waals surface area contributed by atoms with Crippen LogP contribution in [0, 0.1) is 23.7 Å². The minimum Gasteiger partial charge on any atom is -0.453 e. The van der Waals surface area contributed by atoms with E-state index in [1.54, 1.807) is 6.20 Å². The average Bonchev–Trinajstić information content (AvgIpc) is 3.56. The van der Waals surface area contributed by atoms with Crippen LogP contribution < -0.4 is 10.6 Å². The number of nitrogens with one attached hydrogen (secondary N) is 4. The van der Waals surface area contributed by atoms with Gasteiger partial charge in [-0.2, -0.15) is 0 Å². The SMILES string of the molecule is COC(=O)N[C@H](C(=O)N1[C@H](/C=C/c2ncc(-c3ccc(-c4ccc(-c5nc([C@@H]6C[C@@H](C)[C@@H](C)N6C(=O)[C@@H](NC(=O)OC)C(C)C)[nH]c5Cl)cc4)cc3)[nH]2)C[C@H]2C[C@H]21)C(C)C. The molecule has 4 amide bonds. The number of halogens is 1. The summed E-state index contributed by atoms with van der Waals surface area (Å²) in [7, 11) is 2.58. The molecule has 0 unspecified atom stereocenters. The van der Waals surface area contributed by atoms with Crippen molar-refractivity contribution >= 4 is 41.7 Å². The van der Waals surface area contributed by atoms with Crippen molar-refractivity contribution in [1.82, 2.24) is 40.4 Å². The molecule has 0 spiro atoms. The maximum absolute atomic E-state index is 13.9. The largest absolute Gasteiger partial charge is 0.453 e. The Morgan fingerprint density at radius 2 is 1.33 bits per heavy atom. The number of aromatic amines is 2. The minimum absolute atomic E-state index is 0.0749. The van der Waals surface area contributed by atoms with Crippen molar-refractivity contribution in [3.63, 3.8) is 0 Å². The van der Waals surface area contributed by atoms with Crippen molar-refractivity contribution in [3.8, 4) is 33.6 Å². The predicted octanol–water partition coefficient (Wildman–Crippen LogP) is 7.85. The molecule has 15 heteroatoms. The molecule has 0 radical (unpaired) electrons. The lowest BCUT2D eigenvalue weighted by Gasteiger charge is -2.33. The van der Waals surface area contributed by atoms with Crippen molar-refractivity contribution in [2.24, 2.45) is 23.7 Å².